The van der Waals surface area contributed by atoms with E-state index in [2.05, 4.69) is 32.6 Å². The predicted octanol–water partition coefficient (Wildman–Crippen LogP) is 4.57. The molecular weight excluding hydrogens is 411 g/mol. The van der Waals surface area contributed by atoms with Gasteiger partial charge in [-0.1, -0.05) is 12.1 Å². The van der Waals surface area contributed by atoms with Crippen LogP contribution in [0.5, 0.6) is 0 Å². The summed E-state index contributed by atoms with van der Waals surface area (Å²) in [6.45, 7) is 0. The van der Waals surface area contributed by atoms with Gasteiger partial charge in [-0.25, -0.2) is 18.7 Å². The molecule has 0 aliphatic rings. The van der Waals surface area contributed by atoms with Crippen LogP contribution >= 0.6 is 22.6 Å². The lowest BCUT2D eigenvalue weighted by Gasteiger charge is -2.08. The van der Waals surface area contributed by atoms with Crippen LogP contribution in [0.4, 0.5) is 8.78 Å². The van der Waals surface area contributed by atoms with Crippen molar-refractivity contribution in [1.82, 2.24) is 9.97 Å². The highest BCUT2D eigenvalue weighted by atomic mass is 127. The van der Waals surface area contributed by atoms with E-state index in [0.29, 0.717) is 5.56 Å². The number of hydrogen-bond donors (Lipinski definition) is 0. The molecule has 2 aromatic carbocycles. The lowest BCUT2D eigenvalue weighted by molar-refractivity contribution is 0.590. The molecule has 0 saturated carbocycles. The first kappa shape index (κ1) is 15.5. The first-order valence-electron chi connectivity index (χ1n) is 6.56. The Morgan fingerprint density at radius 2 is 1.43 bits per heavy atom. The second-order valence-electron chi connectivity index (χ2n) is 4.73. The predicted molar refractivity (Wildman–Crippen MR) is 90.3 cm³/mol. The van der Waals surface area contributed by atoms with Crippen LogP contribution in [0.25, 0.3) is 22.3 Å². The summed E-state index contributed by atoms with van der Waals surface area (Å²) < 4.78 is 29.8. The maximum atomic E-state index is 14.4. The Morgan fingerprint density at radius 3 is 1.96 bits per heavy atom. The summed E-state index contributed by atoms with van der Waals surface area (Å²) in [7, 11) is 0. The average Bonchev–Trinajstić information content (AvgIpc) is 2.55. The number of rotatable bonds is 2. The van der Waals surface area contributed by atoms with Gasteiger partial charge in [0.05, 0.1) is 5.56 Å². The number of benzene rings is 2. The first-order chi connectivity index (χ1) is 11.1. The fourth-order valence-electron chi connectivity index (χ4n) is 2.17. The van der Waals surface area contributed by atoms with Gasteiger partial charge in [0.2, 0.25) is 5.82 Å². The van der Waals surface area contributed by atoms with Crippen molar-refractivity contribution in [3.63, 3.8) is 0 Å². The van der Waals surface area contributed by atoms with Crippen LogP contribution in [0, 0.1) is 26.5 Å². The molecule has 112 valence electrons. The lowest BCUT2D eigenvalue weighted by Crippen LogP contribution is -1.95. The highest BCUT2D eigenvalue weighted by Gasteiger charge is 2.15. The second-order valence-corrected chi connectivity index (χ2v) is 5.97. The fraction of sp³-hybridized carbons (Fsp3) is 0. The van der Waals surface area contributed by atoms with E-state index in [1.807, 2.05) is 12.1 Å². The minimum atomic E-state index is -0.702. The molecule has 1 heterocycles. The fourth-order valence-corrected chi connectivity index (χ4v) is 2.53. The first-order valence-corrected chi connectivity index (χ1v) is 7.64. The molecule has 0 bridgehead atoms. The van der Waals surface area contributed by atoms with E-state index in [1.165, 1.54) is 24.5 Å². The smallest absolute Gasteiger partial charge is 0.227 e. The number of halogens is 3. The zero-order chi connectivity index (χ0) is 16.4. The van der Waals surface area contributed by atoms with Crippen molar-refractivity contribution >= 4 is 22.6 Å². The van der Waals surface area contributed by atoms with Crippen molar-refractivity contribution in [1.29, 1.82) is 5.26 Å². The Hall–Kier alpha value is -2.40. The van der Waals surface area contributed by atoms with Gasteiger partial charge < -0.3 is 0 Å². The number of hydrogen-bond acceptors (Lipinski definition) is 3. The number of nitrogens with zero attached hydrogens (tertiary/aromatic N) is 3. The third kappa shape index (κ3) is 3.19. The summed E-state index contributed by atoms with van der Waals surface area (Å²) in [4.78, 5) is 7.48. The molecule has 23 heavy (non-hydrogen) atoms. The van der Waals surface area contributed by atoms with Crippen molar-refractivity contribution in [3.05, 3.63) is 69.8 Å². The summed E-state index contributed by atoms with van der Waals surface area (Å²) in [6.07, 6.45) is 2.47. The van der Waals surface area contributed by atoms with E-state index in [9.17, 15) is 8.78 Å². The molecular formula is C17H8F2IN3. The van der Waals surface area contributed by atoms with Gasteiger partial charge in [0.25, 0.3) is 0 Å². The standard InChI is InChI=1S/C17H8F2IN3/c18-14-5-11(10-1-3-13(20)4-2-10)6-15(19)17(14)12-8-22-16(7-21)23-9-12/h1-6,8-9H. The van der Waals surface area contributed by atoms with Crippen LogP contribution < -0.4 is 0 Å². The molecule has 0 radical (unpaired) electrons. The van der Waals surface area contributed by atoms with E-state index in [0.717, 1.165) is 9.13 Å². The summed E-state index contributed by atoms with van der Waals surface area (Å²) >= 11 is 2.16. The van der Waals surface area contributed by atoms with Gasteiger partial charge >= 0.3 is 0 Å². The molecule has 0 unspecified atom stereocenters. The second kappa shape index (κ2) is 6.38. The van der Waals surface area contributed by atoms with Crippen molar-refractivity contribution < 1.29 is 8.78 Å². The summed E-state index contributed by atoms with van der Waals surface area (Å²) in [6, 6.07) is 11.7. The normalized spacial score (nSPS) is 10.3. The highest BCUT2D eigenvalue weighted by Crippen LogP contribution is 2.30. The molecule has 6 heteroatoms. The maximum Gasteiger partial charge on any atom is 0.232 e. The van der Waals surface area contributed by atoms with Gasteiger partial charge in [0.15, 0.2) is 0 Å². The van der Waals surface area contributed by atoms with Gasteiger partial charge in [0.1, 0.15) is 17.7 Å². The number of nitriles is 1. The third-order valence-corrected chi connectivity index (χ3v) is 3.98. The topological polar surface area (TPSA) is 49.6 Å². The molecule has 1 aromatic heterocycles. The molecule has 0 amide bonds. The summed E-state index contributed by atoms with van der Waals surface area (Å²) in [5, 5.41) is 8.67. The van der Waals surface area contributed by atoms with Crippen LogP contribution in [0.2, 0.25) is 0 Å². The molecule has 0 saturated heterocycles. The van der Waals surface area contributed by atoms with E-state index in [4.69, 9.17) is 5.26 Å². The molecule has 0 atom stereocenters. The lowest BCUT2D eigenvalue weighted by atomic mass is 10.0. The largest absolute Gasteiger partial charge is 0.232 e. The molecule has 3 rings (SSSR count). The van der Waals surface area contributed by atoms with Crippen molar-refractivity contribution in [3.8, 4) is 28.3 Å². The maximum absolute atomic E-state index is 14.4. The molecule has 3 aromatic rings. The van der Waals surface area contributed by atoms with Crippen LogP contribution in [0.15, 0.2) is 48.8 Å². The Bertz CT molecular complexity index is 878. The minimum Gasteiger partial charge on any atom is -0.227 e. The Balaban J connectivity index is 2.06. The van der Waals surface area contributed by atoms with Crippen molar-refractivity contribution in [2.75, 3.05) is 0 Å². The zero-order valence-corrected chi connectivity index (χ0v) is 13.8. The van der Waals surface area contributed by atoms with Crippen LogP contribution in [-0.2, 0) is 0 Å². The van der Waals surface area contributed by atoms with E-state index >= 15 is 0 Å². The minimum absolute atomic E-state index is 0.0509. The van der Waals surface area contributed by atoms with Gasteiger partial charge in [-0.3, -0.25) is 0 Å². The summed E-state index contributed by atoms with van der Waals surface area (Å²) in [5.74, 6) is -1.45. The molecule has 0 aliphatic carbocycles. The van der Waals surface area contributed by atoms with E-state index in [1.54, 1.807) is 18.2 Å². The van der Waals surface area contributed by atoms with Gasteiger partial charge in [-0.05, 0) is 58.0 Å². The van der Waals surface area contributed by atoms with Gasteiger partial charge in [0, 0.05) is 21.5 Å². The van der Waals surface area contributed by atoms with E-state index in [-0.39, 0.29) is 17.0 Å². The molecule has 3 nitrogen and oxygen atoms in total. The van der Waals surface area contributed by atoms with Gasteiger partial charge in [-0.2, -0.15) is 5.26 Å². The molecule has 0 aliphatic heterocycles. The van der Waals surface area contributed by atoms with Crippen LogP contribution in [0.1, 0.15) is 5.82 Å². The Kier molecular flexibility index (Phi) is 4.30. The highest BCUT2D eigenvalue weighted by molar-refractivity contribution is 14.1. The monoisotopic (exact) mass is 419 g/mol. The molecule has 0 spiro atoms. The summed E-state index contributed by atoms with van der Waals surface area (Å²) in [5.41, 5.74) is 1.16. The molecule has 0 N–H and O–H groups in total. The van der Waals surface area contributed by atoms with Crippen molar-refractivity contribution in [2.45, 2.75) is 0 Å². The third-order valence-electron chi connectivity index (χ3n) is 3.26. The number of aromatic nitrogens is 2. The van der Waals surface area contributed by atoms with Crippen LogP contribution in [-0.4, -0.2) is 9.97 Å². The zero-order valence-electron chi connectivity index (χ0n) is 11.6. The Morgan fingerprint density at radius 1 is 0.870 bits per heavy atom. The van der Waals surface area contributed by atoms with E-state index < -0.39 is 11.6 Å². The molecule has 0 fully saturated rings. The van der Waals surface area contributed by atoms with Crippen LogP contribution in [0.3, 0.4) is 0 Å². The van der Waals surface area contributed by atoms with Gasteiger partial charge in [-0.15, -0.1) is 0 Å². The SMILES string of the molecule is N#Cc1ncc(-c2c(F)cc(-c3ccc(I)cc3)cc2F)cn1. The quantitative estimate of drug-likeness (QED) is 0.573. The average molecular weight is 419 g/mol. The Labute approximate surface area is 144 Å². The van der Waals surface area contributed by atoms with Crippen molar-refractivity contribution in [2.24, 2.45) is 0 Å².